The van der Waals surface area contributed by atoms with Crippen molar-refractivity contribution in [2.45, 2.75) is 25.2 Å². The second-order valence-electron chi connectivity index (χ2n) is 11.3. The van der Waals surface area contributed by atoms with Gasteiger partial charge in [-0.3, -0.25) is 0 Å². The molecule has 1 unspecified atom stereocenters. The zero-order valence-electron chi connectivity index (χ0n) is 22.6. The molecule has 0 amide bonds. The van der Waals surface area contributed by atoms with Crippen LogP contribution in [0.25, 0.3) is 60.7 Å². The zero-order chi connectivity index (χ0) is 26.9. The molecular formula is C38H27N3. The summed E-state index contributed by atoms with van der Waals surface area (Å²) < 4.78 is 2.52. The maximum absolute atomic E-state index is 5.34. The van der Waals surface area contributed by atoms with Gasteiger partial charge in [-0.1, -0.05) is 103 Å². The highest BCUT2D eigenvalue weighted by atomic mass is 14.9. The van der Waals surface area contributed by atoms with E-state index in [-0.39, 0.29) is 5.92 Å². The molecule has 0 aliphatic heterocycles. The molecule has 8 aromatic rings. The van der Waals surface area contributed by atoms with Gasteiger partial charge in [0.15, 0.2) is 5.82 Å². The van der Waals surface area contributed by atoms with Crippen LogP contribution in [-0.2, 0) is 12.8 Å². The molecule has 1 aliphatic rings. The molecule has 194 valence electrons. The first kappa shape index (κ1) is 22.8. The van der Waals surface area contributed by atoms with Crippen LogP contribution in [0, 0.1) is 0 Å². The molecule has 0 bridgehead atoms. The minimum Gasteiger partial charge on any atom is -0.308 e. The lowest BCUT2D eigenvalue weighted by atomic mass is 9.81. The predicted molar refractivity (Wildman–Crippen MR) is 169 cm³/mol. The average molecular weight is 526 g/mol. The molecule has 9 rings (SSSR count). The number of hydrogen-bond donors (Lipinski definition) is 0. The average Bonchev–Trinajstić information content (AvgIpc) is 3.53. The molecule has 1 atom stereocenters. The fourth-order valence-electron chi connectivity index (χ4n) is 7.28. The Labute approximate surface area is 238 Å². The van der Waals surface area contributed by atoms with Gasteiger partial charge in [0, 0.05) is 33.2 Å². The van der Waals surface area contributed by atoms with E-state index in [1.54, 1.807) is 0 Å². The van der Waals surface area contributed by atoms with Crippen LogP contribution in [0.3, 0.4) is 0 Å². The molecule has 3 nitrogen and oxygen atoms in total. The van der Waals surface area contributed by atoms with Crippen molar-refractivity contribution in [1.29, 1.82) is 0 Å². The molecule has 0 saturated carbocycles. The largest absolute Gasteiger partial charge is 0.308 e. The smallest absolute Gasteiger partial charge is 0.160 e. The van der Waals surface area contributed by atoms with Gasteiger partial charge in [-0.05, 0) is 54.2 Å². The van der Waals surface area contributed by atoms with Crippen LogP contribution in [0.2, 0.25) is 0 Å². The quantitative estimate of drug-likeness (QED) is 0.225. The number of pyridine rings is 1. The Hall–Kier alpha value is -5.02. The highest BCUT2D eigenvalue weighted by molar-refractivity contribution is 6.14. The number of benzene rings is 4. The fourth-order valence-corrected chi connectivity index (χ4v) is 7.28. The van der Waals surface area contributed by atoms with Crippen molar-refractivity contribution >= 4 is 38.2 Å². The van der Waals surface area contributed by atoms with Gasteiger partial charge in [0.2, 0.25) is 0 Å². The highest BCUT2D eigenvalue weighted by Gasteiger charge is 2.29. The Kier molecular flexibility index (Phi) is 4.85. The molecule has 4 aromatic carbocycles. The summed E-state index contributed by atoms with van der Waals surface area (Å²) in [5.74, 6) is 1.06. The van der Waals surface area contributed by atoms with Crippen LogP contribution < -0.4 is 0 Å². The van der Waals surface area contributed by atoms with Crippen LogP contribution in [0.4, 0.5) is 0 Å². The minimum atomic E-state index is 0.252. The van der Waals surface area contributed by atoms with Crippen LogP contribution >= 0.6 is 0 Å². The van der Waals surface area contributed by atoms with Gasteiger partial charge in [-0.2, -0.15) is 0 Å². The summed E-state index contributed by atoms with van der Waals surface area (Å²) in [5.41, 5.74) is 12.8. The minimum absolute atomic E-state index is 0.252. The first-order chi connectivity index (χ1) is 20.3. The molecular weight excluding hydrogens is 498 g/mol. The van der Waals surface area contributed by atoms with E-state index in [0.717, 1.165) is 47.2 Å². The van der Waals surface area contributed by atoms with Crippen molar-refractivity contribution in [1.82, 2.24) is 14.4 Å². The Balaban J connectivity index is 1.35. The van der Waals surface area contributed by atoms with E-state index < -0.39 is 0 Å². The van der Waals surface area contributed by atoms with Crippen molar-refractivity contribution in [2.75, 3.05) is 0 Å². The molecule has 4 heterocycles. The van der Waals surface area contributed by atoms with E-state index in [9.17, 15) is 0 Å². The van der Waals surface area contributed by atoms with Crippen molar-refractivity contribution in [3.05, 3.63) is 138 Å². The Bertz CT molecular complexity index is 2240. The van der Waals surface area contributed by atoms with Crippen LogP contribution in [0.15, 0.2) is 121 Å². The summed E-state index contributed by atoms with van der Waals surface area (Å²) in [6, 6.07) is 43.7. The lowest BCUT2D eigenvalue weighted by molar-refractivity contribution is 0.609. The van der Waals surface area contributed by atoms with Crippen molar-refractivity contribution in [2.24, 2.45) is 0 Å². The van der Waals surface area contributed by atoms with Crippen LogP contribution in [-0.4, -0.2) is 14.4 Å². The van der Waals surface area contributed by atoms with Gasteiger partial charge in [0.1, 0.15) is 0 Å². The number of hydrogen-bond acceptors (Lipinski definition) is 2. The number of fused-ring (bicyclic) bond motifs is 9. The van der Waals surface area contributed by atoms with Gasteiger partial charge in [0.25, 0.3) is 0 Å². The topological polar surface area (TPSA) is 30.2 Å². The van der Waals surface area contributed by atoms with E-state index in [4.69, 9.17) is 9.97 Å². The van der Waals surface area contributed by atoms with Gasteiger partial charge in [-0.25, -0.2) is 9.97 Å². The summed E-state index contributed by atoms with van der Waals surface area (Å²) >= 11 is 0. The first-order valence-electron chi connectivity index (χ1n) is 14.5. The van der Waals surface area contributed by atoms with Crippen molar-refractivity contribution in [3.8, 4) is 22.5 Å². The molecule has 0 spiro atoms. The van der Waals surface area contributed by atoms with E-state index in [1.807, 2.05) is 6.07 Å². The second-order valence-corrected chi connectivity index (χ2v) is 11.3. The molecule has 4 aromatic heterocycles. The Morgan fingerprint density at radius 2 is 1.34 bits per heavy atom. The molecule has 0 N–H and O–H groups in total. The van der Waals surface area contributed by atoms with E-state index >= 15 is 0 Å². The summed E-state index contributed by atoms with van der Waals surface area (Å²) in [5, 5.41) is 3.81. The number of rotatable bonds is 2. The maximum atomic E-state index is 5.34. The van der Waals surface area contributed by atoms with Crippen molar-refractivity contribution < 1.29 is 0 Å². The van der Waals surface area contributed by atoms with E-state index in [0.29, 0.717) is 0 Å². The summed E-state index contributed by atoms with van der Waals surface area (Å²) in [6.45, 7) is 0. The molecule has 3 heteroatoms. The van der Waals surface area contributed by atoms with Crippen molar-refractivity contribution in [3.63, 3.8) is 0 Å². The summed E-state index contributed by atoms with van der Waals surface area (Å²) in [4.78, 5) is 10.4. The predicted octanol–water partition coefficient (Wildman–Crippen LogP) is 9.23. The number of aromatic nitrogens is 3. The maximum Gasteiger partial charge on any atom is 0.160 e. The lowest BCUT2D eigenvalue weighted by Gasteiger charge is -2.24. The van der Waals surface area contributed by atoms with E-state index in [1.165, 1.54) is 49.6 Å². The van der Waals surface area contributed by atoms with Crippen LogP contribution in [0.1, 0.15) is 29.2 Å². The molecule has 0 radical (unpaired) electrons. The Morgan fingerprint density at radius 3 is 2.24 bits per heavy atom. The standard InChI is InChI=1S/C38H27N3/c1-2-12-25(13-3-1)38-39-32-18-9-8-17-30(32)36(40-38)26-22-21-24-11-4-5-14-27(24)35-31(23-26)37-29-16-7-6-15-28(29)33-19-10-20-34(35)41(33)37/h1-20,26H,21-23H2. The molecule has 0 saturated heterocycles. The second kappa shape index (κ2) is 8.74. The number of para-hydroxylation sites is 1. The van der Waals surface area contributed by atoms with Gasteiger partial charge in [-0.15, -0.1) is 0 Å². The summed E-state index contributed by atoms with van der Waals surface area (Å²) in [7, 11) is 0. The highest BCUT2D eigenvalue weighted by Crippen LogP contribution is 2.46. The summed E-state index contributed by atoms with van der Waals surface area (Å²) in [6.07, 6.45) is 2.98. The third kappa shape index (κ3) is 3.32. The first-order valence-corrected chi connectivity index (χ1v) is 14.5. The normalized spacial score (nSPS) is 15.3. The molecule has 0 fully saturated rings. The Morgan fingerprint density at radius 1 is 0.610 bits per heavy atom. The van der Waals surface area contributed by atoms with Gasteiger partial charge < -0.3 is 4.40 Å². The number of nitrogens with zero attached hydrogens (tertiary/aromatic N) is 3. The molecule has 41 heavy (non-hydrogen) atoms. The van der Waals surface area contributed by atoms with E-state index in [2.05, 4.69) is 120 Å². The molecule has 1 aliphatic carbocycles. The third-order valence-electron chi connectivity index (χ3n) is 9.07. The lowest BCUT2D eigenvalue weighted by Crippen LogP contribution is -2.12. The zero-order valence-corrected chi connectivity index (χ0v) is 22.6. The van der Waals surface area contributed by atoms with Crippen LogP contribution in [0.5, 0.6) is 0 Å². The fraction of sp³-hybridized carbons (Fsp3) is 0.105. The van der Waals surface area contributed by atoms with Gasteiger partial charge >= 0.3 is 0 Å². The SMILES string of the molecule is c1ccc(-c2nc(C3CCc4ccccc4-c4c(c5c6ccccc6c6cccc4n65)C3)c3ccccc3n2)cc1. The number of aryl methyl sites for hydroxylation is 1. The third-order valence-corrected chi connectivity index (χ3v) is 9.07. The monoisotopic (exact) mass is 525 g/mol. The van der Waals surface area contributed by atoms with Gasteiger partial charge in [0.05, 0.1) is 27.8 Å².